The van der Waals surface area contributed by atoms with Gasteiger partial charge in [0.2, 0.25) is 5.91 Å². The number of hydrogen-bond acceptors (Lipinski definition) is 2. The molecule has 2 N–H and O–H groups in total. The third-order valence-corrected chi connectivity index (χ3v) is 2.58. The Bertz CT molecular complexity index is 526. The number of terminal acetylenes is 1. The summed E-state index contributed by atoms with van der Waals surface area (Å²) in [5, 5.41) is 11.5. The fraction of sp³-hybridized carbons (Fsp3) is 0.333. The molecule has 0 aliphatic heterocycles. The molecule has 1 aromatic carbocycles. The average molecular weight is 259 g/mol. The SMILES string of the molecule is C#Cc1cccc(NC(=O)CC(C)(C)CC(=O)O)c1. The summed E-state index contributed by atoms with van der Waals surface area (Å²) in [6, 6.07) is 6.96. The fourth-order valence-corrected chi connectivity index (χ4v) is 1.80. The molecule has 0 aliphatic rings. The number of carboxylic acid groups (broad SMARTS) is 1. The van der Waals surface area contributed by atoms with E-state index in [1.54, 1.807) is 38.1 Å². The third kappa shape index (κ3) is 5.26. The maximum Gasteiger partial charge on any atom is 0.303 e. The highest BCUT2D eigenvalue weighted by molar-refractivity contribution is 5.91. The summed E-state index contributed by atoms with van der Waals surface area (Å²) in [4.78, 5) is 22.5. The number of carboxylic acids is 1. The van der Waals surface area contributed by atoms with E-state index in [-0.39, 0.29) is 18.7 Å². The summed E-state index contributed by atoms with van der Waals surface area (Å²) >= 11 is 0. The first-order valence-electron chi connectivity index (χ1n) is 5.91. The first kappa shape index (κ1) is 14.8. The van der Waals surface area contributed by atoms with Crippen LogP contribution in [0, 0.1) is 17.8 Å². The maximum atomic E-state index is 11.9. The fourth-order valence-electron chi connectivity index (χ4n) is 1.80. The molecule has 0 aliphatic carbocycles. The molecule has 1 amide bonds. The van der Waals surface area contributed by atoms with Gasteiger partial charge in [-0.05, 0) is 23.6 Å². The Morgan fingerprint density at radius 2 is 2.05 bits per heavy atom. The van der Waals surface area contributed by atoms with Crippen LogP contribution < -0.4 is 5.32 Å². The number of benzene rings is 1. The molecule has 100 valence electrons. The average Bonchev–Trinajstić information content (AvgIpc) is 2.26. The molecule has 0 heterocycles. The van der Waals surface area contributed by atoms with E-state index in [9.17, 15) is 9.59 Å². The first-order valence-corrected chi connectivity index (χ1v) is 5.91. The van der Waals surface area contributed by atoms with Crippen LogP contribution in [0.5, 0.6) is 0 Å². The summed E-state index contributed by atoms with van der Waals surface area (Å²) in [6.07, 6.45) is 5.37. The van der Waals surface area contributed by atoms with E-state index in [0.29, 0.717) is 11.3 Å². The van der Waals surface area contributed by atoms with Gasteiger partial charge >= 0.3 is 5.97 Å². The van der Waals surface area contributed by atoms with Crippen LogP contribution in [0.3, 0.4) is 0 Å². The monoisotopic (exact) mass is 259 g/mol. The number of carbonyl (C=O) groups is 2. The van der Waals surface area contributed by atoms with Gasteiger partial charge in [0.25, 0.3) is 0 Å². The molecule has 1 rings (SSSR count). The van der Waals surface area contributed by atoms with Crippen molar-refractivity contribution < 1.29 is 14.7 Å². The van der Waals surface area contributed by atoms with Gasteiger partial charge in [-0.3, -0.25) is 9.59 Å². The van der Waals surface area contributed by atoms with E-state index in [1.807, 2.05) is 0 Å². The molecular formula is C15H17NO3. The summed E-state index contributed by atoms with van der Waals surface area (Å²) in [6.45, 7) is 3.50. The minimum Gasteiger partial charge on any atom is -0.481 e. The topological polar surface area (TPSA) is 66.4 Å². The number of amides is 1. The van der Waals surface area contributed by atoms with Gasteiger partial charge in [0.15, 0.2) is 0 Å². The van der Waals surface area contributed by atoms with Crippen molar-refractivity contribution in [1.29, 1.82) is 0 Å². The Morgan fingerprint density at radius 1 is 1.37 bits per heavy atom. The standard InChI is InChI=1S/C15H17NO3/c1-4-11-6-5-7-12(8-11)16-13(17)9-15(2,3)10-14(18)19/h1,5-8H,9-10H2,2-3H3,(H,16,17)(H,18,19). The molecule has 0 unspecified atom stereocenters. The van der Waals surface area contributed by atoms with Crippen LogP contribution in [0.15, 0.2) is 24.3 Å². The Balaban J connectivity index is 2.65. The second kappa shape index (κ2) is 6.05. The van der Waals surface area contributed by atoms with Gasteiger partial charge in [-0.15, -0.1) is 6.42 Å². The van der Waals surface area contributed by atoms with E-state index in [1.165, 1.54) is 0 Å². The molecule has 1 aromatic rings. The summed E-state index contributed by atoms with van der Waals surface area (Å²) < 4.78 is 0. The quantitative estimate of drug-likeness (QED) is 0.798. The van der Waals surface area contributed by atoms with E-state index in [0.717, 1.165) is 0 Å². The Kier molecular flexibility index (Phi) is 4.71. The Morgan fingerprint density at radius 3 is 2.63 bits per heavy atom. The predicted molar refractivity (Wildman–Crippen MR) is 73.7 cm³/mol. The molecule has 0 bridgehead atoms. The lowest BCUT2D eigenvalue weighted by atomic mass is 9.85. The maximum absolute atomic E-state index is 11.9. The number of nitrogens with one attached hydrogen (secondary N) is 1. The normalized spacial score (nSPS) is 10.6. The van der Waals surface area contributed by atoms with Crippen molar-refractivity contribution >= 4 is 17.6 Å². The molecular weight excluding hydrogens is 242 g/mol. The summed E-state index contributed by atoms with van der Waals surface area (Å²) in [5.41, 5.74) is 0.716. The highest BCUT2D eigenvalue weighted by Crippen LogP contribution is 2.25. The number of rotatable bonds is 5. The van der Waals surface area contributed by atoms with Gasteiger partial charge in [0.1, 0.15) is 0 Å². The molecule has 0 aromatic heterocycles. The second-order valence-electron chi connectivity index (χ2n) is 5.18. The van der Waals surface area contributed by atoms with Crippen LogP contribution in [0.1, 0.15) is 32.3 Å². The lowest BCUT2D eigenvalue weighted by Gasteiger charge is -2.21. The molecule has 0 saturated heterocycles. The number of aliphatic carboxylic acids is 1. The van der Waals surface area contributed by atoms with Crippen LogP contribution in [0.2, 0.25) is 0 Å². The van der Waals surface area contributed by atoms with Crippen molar-refractivity contribution in [3.05, 3.63) is 29.8 Å². The third-order valence-electron chi connectivity index (χ3n) is 2.58. The van der Waals surface area contributed by atoms with Gasteiger partial charge < -0.3 is 10.4 Å². The molecule has 4 heteroatoms. The van der Waals surface area contributed by atoms with Crippen molar-refractivity contribution in [2.24, 2.45) is 5.41 Å². The van der Waals surface area contributed by atoms with Crippen molar-refractivity contribution in [3.8, 4) is 12.3 Å². The minimum atomic E-state index is -0.910. The lowest BCUT2D eigenvalue weighted by Crippen LogP contribution is -2.24. The number of hydrogen-bond donors (Lipinski definition) is 2. The highest BCUT2D eigenvalue weighted by atomic mass is 16.4. The van der Waals surface area contributed by atoms with Crippen molar-refractivity contribution in [3.63, 3.8) is 0 Å². The summed E-state index contributed by atoms with van der Waals surface area (Å²) in [7, 11) is 0. The zero-order chi connectivity index (χ0) is 14.5. The predicted octanol–water partition coefficient (Wildman–Crippen LogP) is 2.50. The van der Waals surface area contributed by atoms with Crippen molar-refractivity contribution in [1.82, 2.24) is 0 Å². The smallest absolute Gasteiger partial charge is 0.303 e. The van der Waals surface area contributed by atoms with Crippen LogP contribution in [-0.2, 0) is 9.59 Å². The van der Waals surface area contributed by atoms with Crippen molar-refractivity contribution in [2.45, 2.75) is 26.7 Å². The largest absolute Gasteiger partial charge is 0.481 e. The summed E-state index contributed by atoms with van der Waals surface area (Å²) in [5.74, 6) is 1.35. The Labute approximate surface area is 112 Å². The lowest BCUT2D eigenvalue weighted by molar-refractivity contribution is -0.139. The van der Waals surface area contributed by atoms with Crippen molar-refractivity contribution in [2.75, 3.05) is 5.32 Å². The minimum absolute atomic E-state index is 0.0508. The van der Waals surface area contributed by atoms with Crippen LogP contribution >= 0.6 is 0 Å². The first-order chi connectivity index (χ1) is 8.82. The van der Waals surface area contributed by atoms with Crippen LogP contribution in [0.25, 0.3) is 0 Å². The van der Waals surface area contributed by atoms with E-state index in [2.05, 4.69) is 11.2 Å². The van der Waals surface area contributed by atoms with E-state index < -0.39 is 11.4 Å². The molecule has 0 radical (unpaired) electrons. The number of anilines is 1. The van der Waals surface area contributed by atoms with E-state index in [4.69, 9.17) is 11.5 Å². The van der Waals surface area contributed by atoms with Gasteiger partial charge in [0, 0.05) is 17.7 Å². The zero-order valence-electron chi connectivity index (χ0n) is 11.1. The van der Waals surface area contributed by atoms with Gasteiger partial charge in [-0.2, -0.15) is 0 Å². The molecule has 0 saturated carbocycles. The van der Waals surface area contributed by atoms with Gasteiger partial charge in [-0.1, -0.05) is 25.8 Å². The molecule has 0 atom stereocenters. The second-order valence-corrected chi connectivity index (χ2v) is 5.18. The van der Waals surface area contributed by atoms with Gasteiger partial charge in [0.05, 0.1) is 6.42 Å². The molecule has 19 heavy (non-hydrogen) atoms. The molecule has 0 spiro atoms. The van der Waals surface area contributed by atoms with Crippen LogP contribution in [0.4, 0.5) is 5.69 Å². The number of carbonyl (C=O) groups excluding carboxylic acids is 1. The zero-order valence-corrected chi connectivity index (χ0v) is 11.1. The van der Waals surface area contributed by atoms with Gasteiger partial charge in [-0.25, -0.2) is 0 Å². The molecule has 0 fully saturated rings. The molecule has 4 nitrogen and oxygen atoms in total. The van der Waals surface area contributed by atoms with E-state index >= 15 is 0 Å². The Hall–Kier alpha value is -2.28. The van der Waals surface area contributed by atoms with Crippen LogP contribution in [-0.4, -0.2) is 17.0 Å². The highest BCUT2D eigenvalue weighted by Gasteiger charge is 2.25.